The average molecular weight is 264 g/mol. The molecule has 0 fully saturated rings. The number of aryl methyl sites for hydroxylation is 2. The lowest BCUT2D eigenvalue weighted by Gasteiger charge is -2.19. The van der Waals surface area contributed by atoms with E-state index >= 15 is 0 Å². The smallest absolute Gasteiger partial charge is 0.311 e. The Kier molecular flexibility index (Phi) is 2.59. The SMILES string of the molecule is Cc1c(Cl)ccc2c3c([nH]c12)CCCC3C(=O)O. The van der Waals surface area contributed by atoms with Gasteiger partial charge in [-0.25, -0.2) is 0 Å². The Bertz CT molecular complexity index is 645. The van der Waals surface area contributed by atoms with Gasteiger partial charge >= 0.3 is 5.97 Å². The van der Waals surface area contributed by atoms with Crippen LogP contribution in [0.3, 0.4) is 0 Å². The second kappa shape index (κ2) is 4.02. The maximum atomic E-state index is 11.4. The number of rotatable bonds is 1. The molecule has 0 spiro atoms. The first-order valence-electron chi connectivity index (χ1n) is 6.12. The van der Waals surface area contributed by atoms with E-state index in [0.717, 1.165) is 47.0 Å². The predicted octanol–water partition coefficient (Wildman–Crippen LogP) is 3.63. The first-order valence-corrected chi connectivity index (χ1v) is 6.49. The van der Waals surface area contributed by atoms with E-state index in [0.29, 0.717) is 5.02 Å². The zero-order valence-electron chi connectivity index (χ0n) is 10.1. The fraction of sp³-hybridized carbons (Fsp3) is 0.357. The third-order valence-corrected chi connectivity index (χ3v) is 4.27. The van der Waals surface area contributed by atoms with Gasteiger partial charge in [-0.05, 0) is 43.4 Å². The van der Waals surface area contributed by atoms with Gasteiger partial charge < -0.3 is 10.1 Å². The van der Waals surface area contributed by atoms with Crippen LogP contribution in [0.5, 0.6) is 0 Å². The third kappa shape index (κ3) is 1.54. The van der Waals surface area contributed by atoms with Crippen molar-refractivity contribution in [1.82, 2.24) is 4.98 Å². The molecule has 2 N–H and O–H groups in total. The molecular weight excluding hydrogens is 250 g/mol. The Morgan fingerprint density at radius 2 is 2.28 bits per heavy atom. The summed E-state index contributed by atoms with van der Waals surface area (Å²) in [6.07, 6.45) is 2.56. The Balaban J connectivity index is 2.32. The number of aromatic amines is 1. The molecule has 0 amide bonds. The molecule has 0 saturated carbocycles. The third-order valence-electron chi connectivity index (χ3n) is 3.86. The van der Waals surface area contributed by atoms with E-state index in [2.05, 4.69) is 4.98 Å². The van der Waals surface area contributed by atoms with Crippen LogP contribution in [-0.2, 0) is 11.2 Å². The second-order valence-corrected chi connectivity index (χ2v) is 5.30. The first-order chi connectivity index (χ1) is 8.59. The number of H-pyrrole nitrogens is 1. The Labute approximate surface area is 110 Å². The minimum Gasteiger partial charge on any atom is -0.481 e. The minimum absolute atomic E-state index is 0.386. The highest BCUT2D eigenvalue weighted by atomic mass is 35.5. The second-order valence-electron chi connectivity index (χ2n) is 4.90. The number of hydrogen-bond acceptors (Lipinski definition) is 1. The van der Waals surface area contributed by atoms with Gasteiger partial charge in [0.1, 0.15) is 0 Å². The first kappa shape index (κ1) is 11.6. The number of nitrogens with one attached hydrogen (secondary N) is 1. The number of fused-ring (bicyclic) bond motifs is 3. The van der Waals surface area contributed by atoms with Crippen molar-refractivity contribution >= 4 is 28.5 Å². The molecule has 1 heterocycles. The molecule has 18 heavy (non-hydrogen) atoms. The van der Waals surface area contributed by atoms with Crippen LogP contribution in [0.1, 0.15) is 35.6 Å². The summed E-state index contributed by atoms with van der Waals surface area (Å²) in [7, 11) is 0. The molecule has 1 unspecified atom stereocenters. The zero-order chi connectivity index (χ0) is 12.9. The van der Waals surface area contributed by atoms with Crippen LogP contribution in [0.15, 0.2) is 12.1 Å². The van der Waals surface area contributed by atoms with E-state index in [1.807, 2.05) is 19.1 Å². The van der Waals surface area contributed by atoms with Crippen molar-refractivity contribution < 1.29 is 9.90 Å². The number of benzene rings is 1. The number of halogens is 1. The summed E-state index contributed by atoms with van der Waals surface area (Å²) in [6.45, 7) is 1.96. The van der Waals surface area contributed by atoms with Crippen LogP contribution in [-0.4, -0.2) is 16.1 Å². The normalized spacial score (nSPS) is 18.9. The molecule has 0 aliphatic heterocycles. The van der Waals surface area contributed by atoms with Gasteiger partial charge in [0, 0.05) is 16.1 Å². The van der Waals surface area contributed by atoms with E-state index in [9.17, 15) is 9.90 Å². The van der Waals surface area contributed by atoms with Crippen LogP contribution in [0.4, 0.5) is 0 Å². The minimum atomic E-state index is -0.732. The monoisotopic (exact) mass is 263 g/mol. The summed E-state index contributed by atoms with van der Waals surface area (Å²) in [5.41, 5.74) is 4.01. The van der Waals surface area contributed by atoms with Gasteiger partial charge in [0.2, 0.25) is 0 Å². The summed E-state index contributed by atoms with van der Waals surface area (Å²) in [6, 6.07) is 3.78. The lowest BCUT2D eigenvalue weighted by molar-refractivity contribution is -0.139. The Hall–Kier alpha value is -1.48. The van der Waals surface area contributed by atoms with Gasteiger partial charge in [0.15, 0.2) is 0 Å². The number of aliphatic carboxylic acids is 1. The van der Waals surface area contributed by atoms with Crippen LogP contribution >= 0.6 is 11.6 Å². The molecule has 3 nitrogen and oxygen atoms in total. The molecular formula is C14H14ClNO2. The zero-order valence-corrected chi connectivity index (χ0v) is 10.8. The van der Waals surface area contributed by atoms with Crippen molar-refractivity contribution in [3.63, 3.8) is 0 Å². The maximum absolute atomic E-state index is 11.4. The van der Waals surface area contributed by atoms with Gasteiger partial charge in [-0.3, -0.25) is 4.79 Å². The highest BCUT2D eigenvalue weighted by Crippen LogP contribution is 2.39. The Morgan fingerprint density at radius 3 is 3.00 bits per heavy atom. The fourth-order valence-electron chi connectivity index (χ4n) is 2.92. The molecule has 0 saturated heterocycles. The molecule has 1 atom stereocenters. The standard InChI is InChI=1S/C14H14ClNO2/c1-7-10(15)6-5-8-12-9(14(17)18)3-2-4-11(12)16-13(7)8/h5-6,9,16H,2-4H2,1H3,(H,17,18). The number of aromatic nitrogens is 1. The summed E-state index contributed by atoms with van der Waals surface area (Å²) in [4.78, 5) is 14.7. The summed E-state index contributed by atoms with van der Waals surface area (Å²) < 4.78 is 0. The lowest BCUT2D eigenvalue weighted by atomic mass is 9.85. The average Bonchev–Trinajstić information content (AvgIpc) is 2.73. The fourth-order valence-corrected chi connectivity index (χ4v) is 3.08. The van der Waals surface area contributed by atoms with Crippen molar-refractivity contribution in [2.45, 2.75) is 32.1 Å². The molecule has 2 aromatic rings. The summed E-state index contributed by atoms with van der Waals surface area (Å²) >= 11 is 6.11. The molecule has 1 aromatic heterocycles. The predicted molar refractivity (Wildman–Crippen MR) is 71.4 cm³/mol. The van der Waals surface area contributed by atoms with Gasteiger partial charge in [-0.15, -0.1) is 0 Å². The molecule has 0 radical (unpaired) electrons. The number of carboxylic acid groups (broad SMARTS) is 1. The number of carbonyl (C=O) groups is 1. The van der Waals surface area contributed by atoms with E-state index < -0.39 is 5.97 Å². The molecule has 3 rings (SSSR count). The molecule has 1 aromatic carbocycles. The van der Waals surface area contributed by atoms with E-state index in [4.69, 9.17) is 11.6 Å². The van der Waals surface area contributed by atoms with Crippen molar-refractivity contribution in [1.29, 1.82) is 0 Å². The number of carboxylic acids is 1. The summed E-state index contributed by atoms with van der Waals surface area (Å²) in [5.74, 6) is -1.12. The molecule has 4 heteroatoms. The van der Waals surface area contributed by atoms with E-state index in [1.54, 1.807) is 0 Å². The maximum Gasteiger partial charge on any atom is 0.311 e. The van der Waals surface area contributed by atoms with Crippen molar-refractivity contribution in [2.75, 3.05) is 0 Å². The van der Waals surface area contributed by atoms with Gasteiger partial charge in [-0.2, -0.15) is 0 Å². The highest BCUT2D eigenvalue weighted by Gasteiger charge is 2.30. The molecule has 94 valence electrons. The Morgan fingerprint density at radius 1 is 1.50 bits per heavy atom. The van der Waals surface area contributed by atoms with Crippen LogP contribution in [0.25, 0.3) is 10.9 Å². The lowest BCUT2D eigenvalue weighted by Crippen LogP contribution is -2.17. The van der Waals surface area contributed by atoms with Crippen molar-refractivity contribution in [3.05, 3.63) is 34.0 Å². The topological polar surface area (TPSA) is 53.1 Å². The van der Waals surface area contributed by atoms with Crippen molar-refractivity contribution in [2.24, 2.45) is 0 Å². The quantitative estimate of drug-likeness (QED) is 0.825. The van der Waals surface area contributed by atoms with E-state index in [-0.39, 0.29) is 5.92 Å². The molecule has 0 bridgehead atoms. The van der Waals surface area contributed by atoms with Crippen LogP contribution in [0.2, 0.25) is 5.02 Å². The van der Waals surface area contributed by atoms with Crippen LogP contribution < -0.4 is 0 Å². The van der Waals surface area contributed by atoms with E-state index in [1.165, 1.54) is 0 Å². The van der Waals surface area contributed by atoms with Gasteiger partial charge in [-0.1, -0.05) is 17.7 Å². The van der Waals surface area contributed by atoms with Crippen molar-refractivity contribution in [3.8, 4) is 0 Å². The highest BCUT2D eigenvalue weighted by molar-refractivity contribution is 6.32. The number of hydrogen-bond donors (Lipinski definition) is 2. The van der Waals surface area contributed by atoms with Gasteiger partial charge in [0.05, 0.1) is 11.4 Å². The largest absolute Gasteiger partial charge is 0.481 e. The van der Waals surface area contributed by atoms with Gasteiger partial charge in [0.25, 0.3) is 0 Å². The molecule has 1 aliphatic rings. The molecule has 1 aliphatic carbocycles. The van der Waals surface area contributed by atoms with Crippen LogP contribution in [0, 0.1) is 6.92 Å². The summed E-state index contributed by atoms with van der Waals surface area (Å²) in [5, 5.41) is 11.1.